The van der Waals surface area contributed by atoms with E-state index in [-0.39, 0.29) is 5.03 Å². The van der Waals surface area contributed by atoms with E-state index >= 15 is 0 Å². The topological polar surface area (TPSA) is 52.0 Å². The molecule has 0 saturated heterocycles. The van der Waals surface area contributed by atoms with Crippen molar-refractivity contribution >= 4 is 19.7 Å². The molecule has 0 atom stereocenters. The summed E-state index contributed by atoms with van der Waals surface area (Å²) in [6.07, 6.45) is 0.650. The predicted molar refractivity (Wildman–Crippen MR) is 75.5 cm³/mol. The van der Waals surface area contributed by atoms with Gasteiger partial charge in [0.25, 0.3) is 9.05 Å². The lowest BCUT2D eigenvalue weighted by Gasteiger charge is -2.09. The Kier molecular flexibility index (Phi) is 3.69. The van der Waals surface area contributed by atoms with E-state index in [1.165, 1.54) is 10.7 Å². The summed E-state index contributed by atoms with van der Waals surface area (Å²) in [6.45, 7) is 5.77. The zero-order chi connectivity index (χ0) is 14.2. The monoisotopic (exact) mass is 298 g/mol. The summed E-state index contributed by atoms with van der Waals surface area (Å²) in [5.41, 5.74) is 3.41. The van der Waals surface area contributed by atoms with Gasteiger partial charge in [0.15, 0.2) is 5.03 Å². The number of aryl methyl sites for hydroxylation is 3. The zero-order valence-corrected chi connectivity index (χ0v) is 12.6. The average molecular weight is 299 g/mol. The molecule has 0 amide bonds. The Labute approximate surface area is 117 Å². The van der Waals surface area contributed by atoms with Crippen molar-refractivity contribution in [2.75, 3.05) is 0 Å². The fourth-order valence-electron chi connectivity index (χ4n) is 1.88. The van der Waals surface area contributed by atoms with Crippen LogP contribution in [-0.2, 0) is 15.5 Å². The first kappa shape index (κ1) is 14.1. The highest BCUT2D eigenvalue weighted by molar-refractivity contribution is 8.13. The predicted octanol–water partition coefficient (Wildman–Crippen LogP) is 2.98. The minimum absolute atomic E-state index is 0.0136. The number of rotatable bonds is 3. The lowest BCUT2D eigenvalue weighted by Crippen LogP contribution is -2.06. The molecule has 2 aromatic rings. The van der Waals surface area contributed by atoms with Crippen LogP contribution in [0.4, 0.5) is 0 Å². The van der Waals surface area contributed by atoms with Crippen LogP contribution in [0.25, 0.3) is 5.69 Å². The molecular formula is C13H15ClN2O2S. The van der Waals surface area contributed by atoms with Gasteiger partial charge in [-0.2, -0.15) is 5.10 Å². The molecule has 1 aromatic heterocycles. The van der Waals surface area contributed by atoms with Crippen molar-refractivity contribution in [2.45, 2.75) is 32.2 Å². The van der Waals surface area contributed by atoms with Crippen molar-refractivity contribution < 1.29 is 8.42 Å². The van der Waals surface area contributed by atoms with Crippen molar-refractivity contribution in [1.29, 1.82) is 0 Å². The van der Waals surface area contributed by atoms with Crippen molar-refractivity contribution in [3.8, 4) is 5.69 Å². The molecule has 0 aliphatic rings. The van der Waals surface area contributed by atoms with E-state index in [0.717, 1.165) is 16.8 Å². The van der Waals surface area contributed by atoms with Gasteiger partial charge < -0.3 is 0 Å². The number of hydrogen-bond donors (Lipinski definition) is 0. The van der Waals surface area contributed by atoms with E-state index < -0.39 is 9.05 Å². The van der Waals surface area contributed by atoms with Crippen LogP contribution in [0.3, 0.4) is 0 Å². The molecule has 0 radical (unpaired) electrons. The SMILES string of the molecule is CCc1cc(S(=O)(=O)Cl)n(-c2cc(C)ccc2C)n1. The zero-order valence-electron chi connectivity index (χ0n) is 11.0. The number of halogens is 1. The Bertz CT molecular complexity index is 720. The quantitative estimate of drug-likeness (QED) is 0.819. The molecule has 0 fully saturated rings. The molecule has 2 rings (SSSR count). The Balaban J connectivity index is 2.74. The molecule has 6 heteroatoms. The van der Waals surface area contributed by atoms with E-state index in [9.17, 15) is 8.42 Å². The third-order valence-corrected chi connectivity index (χ3v) is 4.20. The molecule has 0 spiro atoms. The second-order valence-corrected chi connectivity index (χ2v) is 6.98. The van der Waals surface area contributed by atoms with Crippen LogP contribution in [0, 0.1) is 13.8 Å². The van der Waals surface area contributed by atoms with E-state index in [1.807, 2.05) is 39.0 Å². The lowest BCUT2D eigenvalue weighted by atomic mass is 10.1. The van der Waals surface area contributed by atoms with Crippen molar-refractivity contribution in [3.63, 3.8) is 0 Å². The summed E-state index contributed by atoms with van der Waals surface area (Å²) >= 11 is 0. The van der Waals surface area contributed by atoms with Crippen LogP contribution in [0.2, 0.25) is 0 Å². The molecule has 19 heavy (non-hydrogen) atoms. The molecular weight excluding hydrogens is 284 g/mol. The summed E-state index contributed by atoms with van der Waals surface area (Å²) in [5.74, 6) is 0. The first-order chi connectivity index (χ1) is 8.82. The third kappa shape index (κ3) is 2.82. The maximum Gasteiger partial charge on any atom is 0.278 e. The standard InChI is InChI=1S/C13H15ClN2O2S/c1-4-11-8-13(19(14,17)18)16(15-11)12-7-9(2)5-6-10(12)3/h5-8H,4H2,1-3H3. The normalized spacial score (nSPS) is 11.8. The van der Waals surface area contributed by atoms with Crippen LogP contribution in [0.15, 0.2) is 29.3 Å². The van der Waals surface area contributed by atoms with Gasteiger partial charge in [0.2, 0.25) is 0 Å². The molecule has 4 nitrogen and oxygen atoms in total. The summed E-state index contributed by atoms with van der Waals surface area (Å²) < 4.78 is 24.7. The number of aromatic nitrogens is 2. The second-order valence-electron chi connectivity index (χ2n) is 4.47. The number of benzene rings is 1. The minimum Gasteiger partial charge on any atom is -0.220 e. The summed E-state index contributed by atoms with van der Waals surface area (Å²) in [5, 5.41) is 4.33. The number of nitrogens with zero attached hydrogens (tertiary/aromatic N) is 2. The lowest BCUT2D eigenvalue weighted by molar-refractivity contribution is 0.599. The third-order valence-electron chi connectivity index (χ3n) is 2.93. The Morgan fingerprint density at radius 3 is 2.53 bits per heavy atom. The van der Waals surface area contributed by atoms with Crippen LogP contribution < -0.4 is 0 Å². The highest BCUT2D eigenvalue weighted by Gasteiger charge is 2.20. The maximum atomic E-state index is 11.7. The molecule has 0 aliphatic heterocycles. The highest BCUT2D eigenvalue weighted by atomic mass is 35.7. The molecule has 0 unspecified atom stereocenters. The minimum atomic E-state index is -3.83. The van der Waals surface area contributed by atoms with E-state index in [2.05, 4.69) is 5.10 Å². The molecule has 0 N–H and O–H groups in total. The van der Waals surface area contributed by atoms with E-state index in [4.69, 9.17) is 10.7 Å². The van der Waals surface area contributed by atoms with Crippen molar-refractivity contribution in [2.24, 2.45) is 0 Å². The van der Waals surface area contributed by atoms with Gasteiger partial charge >= 0.3 is 0 Å². The average Bonchev–Trinajstić information content (AvgIpc) is 2.76. The van der Waals surface area contributed by atoms with Crippen molar-refractivity contribution in [1.82, 2.24) is 9.78 Å². The first-order valence-electron chi connectivity index (χ1n) is 5.94. The van der Waals surface area contributed by atoms with E-state index in [0.29, 0.717) is 12.1 Å². The number of hydrogen-bond acceptors (Lipinski definition) is 3. The Morgan fingerprint density at radius 2 is 1.95 bits per heavy atom. The molecule has 0 saturated carbocycles. The molecule has 1 heterocycles. The Hall–Kier alpha value is -1.33. The molecule has 1 aromatic carbocycles. The molecule has 0 bridgehead atoms. The van der Waals surface area contributed by atoms with Crippen LogP contribution in [0.1, 0.15) is 23.7 Å². The summed E-state index contributed by atoms with van der Waals surface area (Å²) in [4.78, 5) is 0. The van der Waals surface area contributed by atoms with Gasteiger partial charge in [0.05, 0.1) is 11.4 Å². The van der Waals surface area contributed by atoms with Crippen LogP contribution in [0.5, 0.6) is 0 Å². The second kappa shape index (κ2) is 4.98. The van der Waals surface area contributed by atoms with Gasteiger partial charge in [-0.25, -0.2) is 13.1 Å². The fraction of sp³-hybridized carbons (Fsp3) is 0.308. The smallest absolute Gasteiger partial charge is 0.220 e. The van der Waals surface area contributed by atoms with Crippen LogP contribution >= 0.6 is 10.7 Å². The van der Waals surface area contributed by atoms with Gasteiger partial charge in [-0.1, -0.05) is 19.1 Å². The first-order valence-corrected chi connectivity index (χ1v) is 8.25. The highest BCUT2D eigenvalue weighted by Crippen LogP contribution is 2.23. The molecule has 102 valence electrons. The van der Waals surface area contributed by atoms with Gasteiger partial charge in [-0.15, -0.1) is 0 Å². The summed E-state index contributed by atoms with van der Waals surface area (Å²) in [6, 6.07) is 7.32. The maximum absolute atomic E-state index is 11.7. The van der Waals surface area contributed by atoms with E-state index in [1.54, 1.807) is 0 Å². The van der Waals surface area contributed by atoms with Gasteiger partial charge in [0.1, 0.15) is 0 Å². The van der Waals surface area contributed by atoms with Crippen LogP contribution in [-0.4, -0.2) is 18.2 Å². The fourth-order valence-corrected chi connectivity index (χ4v) is 2.83. The largest absolute Gasteiger partial charge is 0.278 e. The Morgan fingerprint density at radius 1 is 1.26 bits per heavy atom. The van der Waals surface area contributed by atoms with Gasteiger partial charge in [-0.3, -0.25) is 0 Å². The van der Waals surface area contributed by atoms with Gasteiger partial charge in [0, 0.05) is 16.7 Å². The van der Waals surface area contributed by atoms with Gasteiger partial charge in [-0.05, 0) is 37.5 Å². The summed E-state index contributed by atoms with van der Waals surface area (Å²) in [7, 11) is 1.66. The molecule has 0 aliphatic carbocycles. The van der Waals surface area contributed by atoms with Crippen molar-refractivity contribution in [3.05, 3.63) is 41.1 Å².